The van der Waals surface area contributed by atoms with Gasteiger partial charge in [0.2, 0.25) is 23.6 Å². The molecule has 6 N–H and O–H groups in total. The maximum absolute atomic E-state index is 13.9. The first kappa shape index (κ1) is 58.8. The summed E-state index contributed by atoms with van der Waals surface area (Å²) in [6.07, 6.45) is 14.5. The highest BCUT2D eigenvalue weighted by Crippen LogP contribution is 2.47. The minimum Gasteiger partial charge on any atom is -0.361 e. The van der Waals surface area contributed by atoms with Crippen molar-refractivity contribution in [2.75, 3.05) is 65.4 Å². The molecule has 2 saturated heterocycles. The van der Waals surface area contributed by atoms with Crippen LogP contribution < -0.4 is 21.3 Å². The number of piperidine rings is 2. The third-order valence-corrected chi connectivity index (χ3v) is 15.9. The maximum atomic E-state index is 13.9. The summed E-state index contributed by atoms with van der Waals surface area (Å²) in [5, 5.41) is 13.8. The van der Waals surface area contributed by atoms with Gasteiger partial charge in [-0.15, -0.1) is 13.2 Å². The van der Waals surface area contributed by atoms with Crippen molar-refractivity contribution in [1.82, 2.24) is 50.8 Å². The average Bonchev–Trinajstić information content (AvgIpc) is 4.16. The maximum Gasteiger partial charge on any atom is 0.324 e. The molecule has 0 bridgehead atoms. The Morgan fingerprint density at radius 2 is 1.00 bits per heavy atom. The van der Waals surface area contributed by atoms with Crippen LogP contribution in [0.4, 0.5) is 9.59 Å². The molecule has 78 heavy (non-hydrogen) atoms. The molecule has 4 aromatic rings. The summed E-state index contributed by atoms with van der Waals surface area (Å²) in [5.41, 5.74) is 7.40. The van der Waals surface area contributed by atoms with E-state index < -0.39 is 12.1 Å². The topological polar surface area (TPSA) is 229 Å². The van der Waals surface area contributed by atoms with Gasteiger partial charge < -0.3 is 40.8 Å². The molecule has 0 radical (unpaired) electrons. The summed E-state index contributed by atoms with van der Waals surface area (Å²) < 4.78 is 0. The zero-order valence-electron chi connectivity index (χ0n) is 46.3. The highest BCUT2D eigenvalue weighted by atomic mass is 16.2. The molecule has 2 aliphatic carbocycles. The van der Waals surface area contributed by atoms with Crippen LogP contribution in [0, 0.1) is 11.8 Å². The summed E-state index contributed by atoms with van der Waals surface area (Å²) >= 11 is 0. The van der Waals surface area contributed by atoms with Crippen molar-refractivity contribution in [3.05, 3.63) is 96.4 Å². The molecule has 0 unspecified atom stereocenters. The number of aromatic nitrogens is 2. The second-order valence-corrected chi connectivity index (χ2v) is 21.4. The number of carbonyl (C=O) groups excluding carboxylic acids is 8. The van der Waals surface area contributed by atoms with Gasteiger partial charge in [-0.3, -0.25) is 38.8 Å². The van der Waals surface area contributed by atoms with Crippen LogP contribution in [0.15, 0.2) is 74.1 Å². The lowest BCUT2D eigenvalue weighted by atomic mass is 9.72. The number of Topliss-reactive ketones (excluding diaryl/α,β-unsaturated/α-hetero) is 2. The Hall–Kier alpha value is -6.92. The number of likely N-dealkylation sites (tertiary alicyclic amines) is 2. The number of carbonyl (C=O) groups is 8. The van der Waals surface area contributed by atoms with E-state index in [4.69, 9.17) is 0 Å². The number of fused-ring (bicyclic) bond motifs is 4. The molecule has 8 rings (SSSR count). The van der Waals surface area contributed by atoms with Crippen molar-refractivity contribution < 1.29 is 38.4 Å². The predicted octanol–water partition coefficient (Wildman–Crippen LogP) is 7.02. The normalized spacial score (nSPS) is 20.2. The third kappa shape index (κ3) is 14.4. The van der Waals surface area contributed by atoms with Gasteiger partial charge in [0.05, 0.1) is 11.8 Å². The van der Waals surface area contributed by atoms with Crippen LogP contribution in [0.3, 0.4) is 0 Å². The second-order valence-electron chi connectivity index (χ2n) is 21.4. The highest BCUT2D eigenvalue weighted by molar-refractivity contribution is 5.97. The van der Waals surface area contributed by atoms with Gasteiger partial charge in [0, 0.05) is 149 Å². The number of benzene rings is 2. The number of ketones is 2. The van der Waals surface area contributed by atoms with Gasteiger partial charge in [-0.1, -0.05) is 36.4 Å². The first-order valence-electron chi connectivity index (χ1n) is 28.3. The van der Waals surface area contributed by atoms with E-state index in [1.807, 2.05) is 26.0 Å². The second kappa shape index (κ2) is 28.1. The minimum atomic E-state index is -0.397. The summed E-state index contributed by atoms with van der Waals surface area (Å²) in [6, 6.07) is 12.4. The Labute approximate surface area is 458 Å². The van der Waals surface area contributed by atoms with Crippen LogP contribution in [-0.4, -0.2) is 154 Å². The number of urea groups is 2. The Morgan fingerprint density at radius 1 is 0.590 bits per heavy atom. The van der Waals surface area contributed by atoms with Gasteiger partial charge in [0.15, 0.2) is 0 Å². The van der Waals surface area contributed by atoms with Gasteiger partial charge in [-0.25, -0.2) is 9.59 Å². The van der Waals surface area contributed by atoms with E-state index in [1.165, 1.54) is 56.7 Å². The molecule has 4 aliphatic rings. The van der Waals surface area contributed by atoms with Crippen LogP contribution in [0.5, 0.6) is 0 Å². The van der Waals surface area contributed by atoms with Crippen molar-refractivity contribution in [3.63, 3.8) is 0 Å². The fourth-order valence-corrected chi connectivity index (χ4v) is 12.4. The Balaban J connectivity index is 0.000000226. The molecule has 2 aromatic heterocycles. The van der Waals surface area contributed by atoms with Crippen molar-refractivity contribution >= 4 is 69.1 Å². The first-order valence-corrected chi connectivity index (χ1v) is 28.3. The molecule has 2 aromatic carbocycles. The number of aromatic amines is 2. The van der Waals surface area contributed by atoms with E-state index >= 15 is 0 Å². The Kier molecular flexibility index (Phi) is 21.2. The van der Waals surface area contributed by atoms with Crippen LogP contribution in [0.1, 0.15) is 126 Å². The number of H-pyrrole nitrogens is 2. The number of imide groups is 2. The molecule has 8 amide bonds. The van der Waals surface area contributed by atoms with Crippen LogP contribution in [-0.2, 0) is 41.6 Å². The Morgan fingerprint density at radius 3 is 1.37 bits per heavy atom. The summed E-state index contributed by atoms with van der Waals surface area (Å²) in [7, 11) is 0. The van der Waals surface area contributed by atoms with Gasteiger partial charge in [0.25, 0.3) is 0 Å². The van der Waals surface area contributed by atoms with Crippen LogP contribution in [0.25, 0.3) is 21.8 Å². The summed E-state index contributed by atoms with van der Waals surface area (Å²) in [6.45, 7) is 19.1. The van der Waals surface area contributed by atoms with E-state index in [2.05, 4.69) is 103 Å². The number of amides is 8. The lowest BCUT2D eigenvalue weighted by Gasteiger charge is -2.47. The number of hydrogen-bond acceptors (Lipinski definition) is 10. The SMILES string of the molecule is C=CCN1C[C@H](C(=O)N(CCCNC(=O)CCCC(C)=O)C(=O)NCC)C[C@@H]2c3cccc4[nH]cc(c34)C[C@H]21.C=CCN1C[C@H](C(=O)N(CCCNC(=O)CCCC(C)=O)C(=O)NCC)C[C@@H]2c3cccc4[nH]cc(c34)C[C@H]21. The van der Waals surface area contributed by atoms with Gasteiger partial charge in [0.1, 0.15) is 11.6 Å². The van der Waals surface area contributed by atoms with Crippen molar-refractivity contribution in [3.8, 4) is 0 Å². The van der Waals surface area contributed by atoms with Gasteiger partial charge in [-0.05, 0) is 113 Å². The van der Waals surface area contributed by atoms with E-state index in [1.54, 1.807) is 0 Å². The van der Waals surface area contributed by atoms with Gasteiger partial charge in [-0.2, -0.15) is 0 Å². The number of hydrogen-bond donors (Lipinski definition) is 6. The summed E-state index contributed by atoms with van der Waals surface area (Å²) in [4.78, 5) is 114. The summed E-state index contributed by atoms with van der Waals surface area (Å²) in [5.74, 6) is -0.744. The number of rotatable bonds is 24. The van der Waals surface area contributed by atoms with Crippen molar-refractivity contribution in [2.24, 2.45) is 11.8 Å². The average molecular weight is 1070 g/mol. The number of nitrogens with one attached hydrogen (secondary N) is 6. The predicted molar refractivity (Wildman–Crippen MR) is 303 cm³/mol. The fraction of sp³-hybridized carbons (Fsp3) is 0.533. The third-order valence-electron chi connectivity index (χ3n) is 15.9. The van der Waals surface area contributed by atoms with Crippen molar-refractivity contribution in [1.29, 1.82) is 0 Å². The first-order chi connectivity index (χ1) is 37.7. The molecule has 420 valence electrons. The largest absolute Gasteiger partial charge is 0.361 e. The van der Waals surface area contributed by atoms with E-state index in [9.17, 15) is 38.4 Å². The lowest BCUT2D eigenvalue weighted by molar-refractivity contribution is -0.136. The number of nitrogens with zero attached hydrogens (tertiary/aromatic N) is 4. The molecule has 4 heterocycles. The standard InChI is InChI=1S/2C30H41N5O4/c2*1-4-14-34-19-22(16-24-23-10-7-11-25-28(23)21(18-33-25)17-26(24)34)29(38)35(30(39)31-5-2)15-8-13-32-27(37)12-6-9-20(3)36/h2*4,7,10-11,18,22,24,26,33H,1,5-6,8-9,12-17,19H2,2-3H3,(H,31,39)(H,32,37)/t2*22-,24-,26-/m11/s1. The molecule has 2 aliphatic heterocycles. The van der Waals surface area contributed by atoms with E-state index in [-0.39, 0.29) is 96.9 Å². The van der Waals surface area contributed by atoms with Crippen LogP contribution in [0.2, 0.25) is 0 Å². The molecule has 2 fully saturated rings. The molecular formula is C60H82N10O8. The van der Waals surface area contributed by atoms with E-state index in [0.29, 0.717) is 104 Å². The van der Waals surface area contributed by atoms with Gasteiger partial charge >= 0.3 is 12.1 Å². The fourth-order valence-electron chi connectivity index (χ4n) is 12.4. The molecule has 0 spiro atoms. The van der Waals surface area contributed by atoms with Crippen molar-refractivity contribution in [2.45, 2.75) is 129 Å². The van der Waals surface area contributed by atoms with Crippen LogP contribution >= 0.6 is 0 Å². The molecule has 6 atom stereocenters. The molecule has 18 heteroatoms. The molecule has 18 nitrogen and oxygen atoms in total. The smallest absolute Gasteiger partial charge is 0.324 e. The zero-order chi connectivity index (χ0) is 55.9. The molecular weight excluding hydrogens is 989 g/mol. The highest BCUT2D eigenvalue weighted by Gasteiger charge is 2.46. The Bertz CT molecular complexity index is 2630. The zero-order valence-corrected chi connectivity index (χ0v) is 46.3. The van der Waals surface area contributed by atoms with E-state index in [0.717, 1.165) is 23.9 Å². The minimum absolute atomic E-state index is 0.0676. The molecule has 0 saturated carbocycles. The lowest BCUT2D eigenvalue weighted by Crippen LogP contribution is -2.55. The quantitative estimate of drug-likeness (QED) is 0.0311. The monoisotopic (exact) mass is 1070 g/mol.